The van der Waals surface area contributed by atoms with Crippen molar-refractivity contribution in [3.8, 4) is 0 Å². The molecule has 0 radical (unpaired) electrons. The van der Waals surface area contributed by atoms with Crippen LogP contribution in [0, 0.1) is 0 Å². The molecule has 1 N–H and O–H groups in total. The van der Waals surface area contributed by atoms with Gasteiger partial charge in [-0.3, -0.25) is 9.69 Å². The van der Waals surface area contributed by atoms with Gasteiger partial charge >= 0.3 is 0 Å². The Labute approximate surface area is 161 Å². The van der Waals surface area contributed by atoms with Crippen molar-refractivity contribution in [3.63, 3.8) is 0 Å². The lowest BCUT2D eigenvalue weighted by molar-refractivity contribution is 0.0492. The maximum Gasteiger partial charge on any atom is 0.253 e. The monoisotopic (exact) mass is 364 g/mol. The molecule has 0 aromatic heterocycles. The SMILES string of the molecule is CN1CC(c2ccccc2)CC12CCN(C(=O)c1ccc(CO)cc1)CC2. The van der Waals surface area contributed by atoms with Crippen molar-refractivity contribution >= 4 is 5.91 Å². The molecule has 0 bridgehead atoms. The predicted octanol–water partition coefficient (Wildman–Crippen LogP) is 3.27. The first kappa shape index (κ1) is 18.2. The first-order chi connectivity index (χ1) is 13.1. The summed E-state index contributed by atoms with van der Waals surface area (Å²) in [5, 5.41) is 9.16. The molecule has 2 aliphatic heterocycles. The second-order valence-electron chi connectivity index (χ2n) is 8.06. The fourth-order valence-electron chi connectivity index (χ4n) is 4.80. The van der Waals surface area contributed by atoms with Crippen LogP contribution < -0.4 is 0 Å². The number of aliphatic hydroxyl groups is 1. The van der Waals surface area contributed by atoms with Gasteiger partial charge in [-0.05, 0) is 55.5 Å². The molecule has 2 heterocycles. The van der Waals surface area contributed by atoms with Crippen molar-refractivity contribution in [2.75, 3.05) is 26.7 Å². The van der Waals surface area contributed by atoms with E-state index < -0.39 is 0 Å². The predicted molar refractivity (Wildman–Crippen MR) is 107 cm³/mol. The van der Waals surface area contributed by atoms with Crippen molar-refractivity contribution in [1.82, 2.24) is 9.80 Å². The number of aliphatic hydroxyl groups excluding tert-OH is 1. The Bertz CT molecular complexity index is 780. The number of hydrogen-bond donors (Lipinski definition) is 1. The van der Waals surface area contributed by atoms with Crippen LogP contribution in [0.4, 0.5) is 0 Å². The second-order valence-corrected chi connectivity index (χ2v) is 8.06. The molecule has 1 amide bonds. The number of benzene rings is 2. The van der Waals surface area contributed by atoms with Crippen LogP contribution in [0.5, 0.6) is 0 Å². The number of amides is 1. The molecular weight excluding hydrogens is 336 g/mol. The third-order valence-electron chi connectivity index (χ3n) is 6.57. The Balaban J connectivity index is 1.41. The van der Waals surface area contributed by atoms with Crippen LogP contribution in [0.25, 0.3) is 0 Å². The van der Waals surface area contributed by atoms with Gasteiger partial charge in [-0.2, -0.15) is 0 Å². The first-order valence-corrected chi connectivity index (χ1v) is 9.86. The smallest absolute Gasteiger partial charge is 0.253 e. The van der Waals surface area contributed by atoms with E-state index in [0.29, 0.717) is 11.5 Å². The normalized spacial score (nSPS) is 22.3. The average Bonchev–Trinajstić information content (AvgIpc) is 3.05. The van der Waals surface area contributed by atoms with Crippen LogP contribution in [0.3, 0.4) is 0 Å². The molecule has 1 atom stereocenters. The molecule has 4 heteroatoms. The van der Waals surface area contributed by atoms with Crippen LogP contribution in [0.15, 0.2) is 54.6 Å². The first-order valence-electron chi connectivity index (χ1n) is 9.86. The number of carbonyl (C=O) groups excluding carboxylic acids is 1. The second kappa shape index (κ2) is 7.45. The van der Waals surface area contributed by atoms with Crippen molar-refractivity contribution in [2.45, 2.75) is 37.3 Å². The quantitative estimate of drug-likeness (QED) is 0.909. The minimum Gasteiger partial charge on any atom is -0.392 e. The molecule has 1 unspecified atom stereocenters. The average molecular weight is 364 g/mol. The summed E-state index contributed by atoms with van der Waals surface area (Å²) in [5.41, 5.74) is 3.20. The molecule has 0 saturated carbocycles. The molecule has 0 aliphatic carbocycles. The summed E-state index contributed by atoms with van der Waals surface area (Å²) in [4.78, 5) is 17.3. The lowest BCUT2D eigenvalue weighted by atomic mass is 9.81. The summed E-state index contributed by atoms with van der Waals surface area (Å²) in [7, 11) is 2.24. The van der Waals surface area contributed by atoms with Crippen molar-refractivity contribution in [3.05, 3.63) is 71.3 Å². The van der Waals surface area contributed by atoms with Gasteiger partial charge in [0.15, 0.2) is 0 Å². The molecule has 2 aromatic rings. The van der Waals surface area contributed by atoms with E-state index >= 15 is 0 Å². The fourth-order valence-corrected chi connectivity index (χ4v) is 4.80. The topological polar surface area (TPSA) is 43.8 Å². The van der Waals surface area contributed by atoms with Gasteiger partial charge in [0.05, 0.1) is 6.61 Å². The summed E-state index contributed by atoms with van der Waals surface area (Å²) >= 11 is 0. The molecule has 1 spiro atoms. The molecule has 2 fully saturated rings. The standard InChI is InChI=1S/C23H28N2O2/c1-24-16-21(19-5-3-2-4-6-19)15-23(24)11-13-25(14-12-23)22(27)20-9-7-18(17-26)8-10-20/h2-10,21,26H,11-17H2,1H3. The Hall–Kier alpha value is -2.17. The van der Waals surface area contributed by atoms with E-state index in [2.05, 4.69) is 42.3 Å². The molecule has 4 rings (SSSR count). The molecule has 27 heavy (non-hydrogen) atoms. The summed E-state index contributed by atoms with van der Waals surface area (Å²) in [6, 6.07) is 18.1. The van der Waals surface area contributed by atoms with E-state index in [-0.39, 0.29) is 18.1 Å². The van der Waals surface area contributed by atoms with Gasteiger partial charge in [0.1, 0.15) is 0 Å². The Morgan fingerprint density at radius 3 is 2.37 bits per heavy atom. The summed E-state index contributed by atoms with van der Waals surface area (Å²) in [6.07, 6.45) is 3.25. The van der Waals surface area contributed by atoms with Crippen LogP contribution in [-0.2, 0) is 6.61 Å². The number of rotatable bonds is 3. The van der Waals surface area contributed by atoms with E-state index in [1.165, 1.54) is 12.0 Å². The van der Waals surface area contributed by atoms with Gasteiger partial charge in [-0.1, -0.05) is 42.5 Å². The number of piperidine rings is 1. The number of carbonyl (C=O) groups is 1. The highest BCUT2D eigenvalue weighted by molar-refractivity contribution is 5.94. The molecule has 2 aliphatic rings. The Morgan fingerprint density at radius 2 is 1.74 bits per heavy atom. The third-order valence-corrected chi connectivity index (χ3v) is 6.57. The molecule has 4 nitrogen and oxygen atoms in total. The van der Waals surface area contributed by atoms with Gasteiger partial charge in [0.25, 0.3) is 5.91 Å². The van der Waals surface area contributed by atoms with Gasteiger partial charge < -0.3 is 10.0 Å². The van der Waals surface area contributed by atoms with Crippen LogP contribution in [0.1, 0.15) is 46.7 Å². The summed E-state index contributed by atoms with van der Waals surface area (Å²) in [6.45, 7) is 2.73. The minimum atomic E-state index is 0.00954. The molecule has 2 saturated heterocycles. The van der Waals surface area contributed by atoms with Crippen LogP contribution in [-0.4, -0.2) is 53.0 Å². The van der Waals surface area contributed by atoms with E-state index in [1.807, 2.05) is 29.2 Å². The van der Waals surface area contributed by atoms with E-state index in [9.17, 15) is 4.79 Å². The van der Waals surface area contributed by atoms with Crippen LogP contribution in [0.2, 0.25) is 0 Å². The van der Waals surface area contributed by atoms with E-state index in [1.54, 1.807) is 0 Å². The van der Waals surface area contributed by atoms with Gasteiger partial charge in [-0.25, -0.2) is 0 Å². The van der Waals surface area contributed by atoms with Gasteiger partial charge in [-0.15, -0.1) is 0 Å². The minimum absolute atomic E-state index is 0.00954. The van der Waals surface area contributed by atoms with E-state index in [4.69, 9.17) is 5.11 Å². The maximum atomic E-state index is 12.8. The number of likely N-dealkylation sites (tertiary alicyclic amines) is 2. The highest BCUT2D eigenvalue weighted by Crippen LogP contribution is 2.44. The summed E-state index contributed by atoms with van der Waals surface area (Å²) in [5.74, 6) is 0.694. The van der Waals surface area contributed by atoms with Crippen molar-refractivity contribution in [1.29, 1.82) is 0 Å². The summed E-state index contributed by atoms with van der Waals surface area (Å²) < 4.78 is 0. The number of hydrogen-bond acceptors (Lipinski definition) is 3. The highest BCUT2D eigenvalue weighted by Gasteiger charge is 2.46. The highest BCUT2D eigenvalue weighted by atomic mass is 16.3. The lowest BCUT2D eigenvalue weighted by Crippen LogP contribution is -2.52. The van der Waals surface area contributed by atoms with Gasteiger partial charge in [0, 0.05) is 30.7 Å². The largest absolute Gasteiger partial charge is 0.392 e. The molecule has 142 valence electrons. The number of nitrogens with zero attached hydrogens (tertiary/aromatic N) is 2. The molecule has 2 aromatic carbocycles. The zero-order valence-corrected chi connectivity index (χ0v) is 16.0. The Morgan fingerprint density at radius 1 is 1.07 bits per heavy atom. The lowest BCUT2D eigenvalue weighted by Gasteiger charge is -2.43. The number of likely N-dealkylation sites (N-methyl/N-ethyl adjacent to an activating group) is 1. The zero-order chi connectivity index (χ0) is 18.9. The van der Waals surface area contributed by atoms with E-state index in [0.717, 1.165) is 38.0 Å². The van der Waals surface area contributed by atoms with Gasteiger partial charge in [0.2, 0.25) is 0 Å². The zero-order valence-electron chi connectivity index (χ0n) is 16.0. The fraction of sp³-hybridized carbons (Fsp3) is 0.435. The third kappa shape index (κ3) is 3.52. The molecular formula is C23H28N2O2. The van der Waals surface area contributed by atoms with Crippen LogP contribution >= 0.6 is 0 Å². The Kier molecular flexibility index (Phi) is 5.02. The van der Waals surface area contributed by atoms with Crippen molar-refractivity contribution < 1.29 is 9.90 Å². The maximum absolute atomic E-state index is 12.8. The van der Waals surface area contributed by atoms with Crippen molar-refractivity contribution in [2.24, 2.45) is 0 Å².